The van der Waals surface area contributed by atoms with Crippen LogP contribution in [0.25, 0.3) is 5.65 Å². The minimum Gasteiger partial charge on any atom is -0.444 e. The van der Waals surface area contributed by atoms with E-state index < -0.39 is 23.4 Å². The van der Waals surface area contributed by atoms with Crippen LogP contribution in [0.2, 0.25) is 10.0 Å². The van der Waals surface area contributed by atoms with Gasteiger partial charge in [0.1, 0.15) is 16.4 Å². The van der Waals surface area contributed by atoms with Gasteiger partial charge in [0, 0.05) is 23.7 Å². The molecule has 222 valence electrons. The van der Waals surface area contributed by atoms with E-state index in [0.717, 1.165) is 10.1 Å². The number of aromatic nitrogens is 4. The first kappa shape index (κ1) is 31.1. The largest absolute Gasteiger partial charge is 0.444 e. The molecule has 2 heterocycles. The maximum Gasteiger partial charge on any atom is 0.407 e. The predicted molar refractivity (Wildman–Crippen MR) is 162 cm³/mol. The number of hydrogen-bond donors (Lipinski definition) is 1. The number of fused-ring (bicyclic) bond motifs is 1. The molecule has 1 N–H and O–H groups in total. The first-order valence-corrected chi connectivity index (χ1v) is 14.5. The smallest absolute Gasteiger partial charge is 0.407 e. The second-order valence-electron chi connectivity index (χ2n) is 10.8. The van der Waals surface area contributed by atoms with E-state index in [4.69, 9.17) is 32.9 Å². The maximum absolute atomic E-state index is 14.0. The van der Waals surface area contributed by atoms with Crippen LogP contribution in [0.15, 0.2) is 65.6 Å². The molecule has 0 aliphatic rings. The Morgan fingerprint density at radius 2 is 1.76 bits per heavy atom. The molecular formula is C30H34Cl2N6O4. The average Bonchev–Trinajstić information content (AvgIpc) is 3.32. The van der Waals surface area contributed by atoms with Crippen molar-refractivity contribution in [3.63, 3.8) is 0 Å². The van der Waals surface area contributed by atoms with Crippen LogP contribution in [-0.2, 0) is 11.3 Å². The van der Waals surface area contributed by atoms with Gasteiger partial charge in [-0.05, 0) is 63.4 Å². The van der Waals surface area contributed by atoms with Crippen LogP contribution in [0.4, 0.5) is 4.79 Å². The SMILES string of the molecule is CCC(c1nc2c(Cl)cnn2c(=O)n1Cc1ccccc1)N(CCCNC(=O)OC(C)(C)C)C(=O)c1ccc(Cl)cc1. The molecule has 1 unspecified atom stereocenters. The Labute approximate surface area is 254 Å². The van der Waals surface area contributed by atoms with E-state index in [1.54, 1.807) is 49.9 Å². The number of nitrogens with zero attached hydrogens (tertiary/aromatic N) is 5. The van der Waals surface area contributed by atoms with E-state index in [2.05, 4.69) is 10.4 Å². The second-order valence-corrected chi connectivity index (χ2v) is 11.6. The molecule has 0 aliphatic heterocycles. The lowest BCUT2D eigenvalue weighted by Gasteiger charge is -2.32. The molecule has 0 radical (unpaired) electrons. The van der Waals surface area contributed by atoms with E-state index >= 15 is 0 Å². The van der Waals surface area contributed by atoms with Gasteiger partial charge in [-0.3, -0.25) is 9.36 Å². The van der Waals surface area contributed by atoms with Crippen LogP contribution in [0.3, 0.4) is 0 Å². The summed E-state index contributed by atoms with van der Waals surface area (Å²) in [6.45, 7) is 8.04. The van der Waals surface area contributed by atoms with E-state index in [0.29, 0.717) is 29.3 Å². The first-order valence-electron chi connectivity index (χ1n) is 13.7. The zero-order chi connectivity index (χ0) is 30.4. The van der Waals surface area contributed by atoms with Gasteiger partial charge in [-0.1, -0.05) is 60.5 Å². The zero-order valence-corrected chi connectivity index (χ0v) is 25.5. The number of benzene rings is 2. The van der Waals surface area contributed by atoms with Gasteiger partial charge in [-0.15, -0.1) is 0 Å². The second kappa shape index (κ2) is 13.4. The van der Waals surface area contributed by atoms with Crippen molar-refractivity contribution in [2.24, 2.45) is 0 Å². The van der Waals surface area contributed by atoms with Gasteiger partial charge in [0.2, 0.25) is 0 Å². The van der Waals surface area contributed by atoms with Crippen molar-refractivity contribution < 1.29 is 14.3 Å². The third kappa shape index (κ3) is 7.49. The summed E-state index contributed by atoms with van der Waals surface area (Å²) in [5, 5.41) is 7.61. The minimum absolute atomic E-state index is 0.213. The number of ether oxygens (including phenoxy) is 1. The van der Waals surface area contributed by atoms with Gasteiger partial charge in [-0.25, -0.2) is 14.6 Å². The van der Waals surface area contributed by atoms with Gasteiger partial charge < -0.3 is 15.0 Å². The highest BCUT2D eigenvalue weighted by molar-refractivity contribution is 6.33. The van der Waals surface area contributed by atoms with Crippen LogP contribution in [0, 0.1) is 0 Å². The Bertz CT molecular complexity index is 1600. The van der Waals surface area contributed by atoms with Gasteiger partial charge in [0.15, 0.2) is 5.65 Å². The highest BCUT2D eigenvalue weighted by Gasteiger charge is 2.30. The van der Waals surface area contributed by atoms with Crippen molar-refractivity contribution in [2.45, 2.75) is 58.7 Å². The molecule has 4 rings (SSSR count). The number of carbonyl (C=O) groups excluding carboxylic acids is 2. The number of rotatable bonds is 10. The summed E-state index contributed by atoms with van der Waals surface area (Å²) in [7, 11) is 0. The highest BCUT2D eigenvalue weighted by atomic mass is 35.5. The fraction of sp³-hybridized carbons (Fsp3) is 0.367. The van der Waals surface area contributed by atoms with Crippen LogP contribution < -0.4 is 11.0 Å². The van der Waals surface area contributed by atoms with E-state index in [1.165, 1.54) is 10.8 Å². The first-order chi connectivity index (χ1) is 20.0. The molecule has 2 aromatic carbocycles. The summed E-state index contributed by atoms with van der Waals surface area (Å²) in [6.07, 6.45) is 1.71. The molecule has 0 spiro atoms. The molecule has 0 saturated heterocycles. The monoisotopic (exact) mass is 612 g/mol. The van der Waals surface area contributed by atoms with Crippen molar-refractivity contribution in [1.82, 2.24) is 29.4 Å². The molecule has 10 nitrogen and oxygen atoms in total. The van der Waals surface area contributed by atoms with E-state index in [-0.39, 0.29) is 36.2 Å². The highest BCUT2D eigenvalue weighted by Crippen LogP contribution is 2.27. The normalized spacial score (nSPS) is 12.2. The minimum atomic E-state index is -0.629. The van der Waals surface area contributed by atoms with Crippen molar-refractivity contribution in [3.05, 3.63) is 98.3 Å². The van der Waals surface area contributed by atoms with E-state index in [1.807, 2.05) is 37.3 Å². The number of alkyl carbamates (subject to hydrolysis) is 1. The fourth-order valence-corrected chi connectivity index (χ4v) is 4.86. The lowest BCUT2D eigenvalue weighted by atomic mass is 10.1. The molecule has 12 heteroatoms. The van der Waals surface area contributed by atoms with Crippen molar-refractivity contribution >= 4 is 40.8 Å². The van der Waals surface area contributed by atoms with Crippen LogP contribution in [0.1, 0.15) is 68.3 Å². The molecule has 42 heavy (non-hydrogen) atoms. The lowest BCUT2D eigenvalue weighted by molar-refractivity contribution is 0.0523. The summed E-state index contributed by atoms with van der Waals surface area (Å²) in [6, 6.07) is 15.5. The van der Waals surface area contributed by atoms with Gasteiger partial charge in [-0.2, -0.15) is 9.61 Å². The number of carbonyl (C=O) groups is 2. The van der Waals surface area contributed by atoms with Crippen LogP contribution in [-0.4, -0.2) is 54.8 Å². The molecule has 0 aliphatic carbocycles. The average molecular weight is 614 g/mol. The van der Waals surface area contributed by atoms with Crippen LogP contribution >= 0.6 is 23.2 Å². The Morgan fingerprint density at radius 3 is 2.40 bits per heavy atom. The lowest BCUT2D eigenvalue weighted by Crippen LogP contribution is -2.42. The molecule has 1 atom stereocenters. The predicted octanol–water partition coefficient (Wildman–Crippen LogP) is 5.75. The number of hydrogen-bond acceptors (Lipinski definition) is 6. The Balaban J connectivity index is 1.73. The summed E-state index contributed by atoms with van der Waals surface area (Å²) in [5.41, 5.74) is 0.473. The Hall–Kier alpha value is -3.89. The summed E-state index contributed by atoms with van der Waals surface area (Å²) < 4.78 is 8.02. The topological polar surface area (TPSA) is 111 Å². The third-order valence-corrected chi connectivity index (χ3v) is 6.97. The third-order valence-electron chi connectivity index (χ3n) is 6.45. The number of halogens is 2. The van der Waals surface area contributed by atoms with Crippen molar-refractivity contribution in [2.75, 3.05) is 13.1 Å². The molecule has 0 fully saturated rings. The molecule has 4 aromatic rings. The molecule has 2 aromatic heterocycles. The zero-order valence-electron chi connectivity index (χ0n) is 24.0. The van der Waals surface area contributed by atoms with Crippen LogP contribution in [0.5, 0.6) is 0 Å². The molecule has 0 saturated carbocycles. The Kier molecular flexibility index (Phi) is 9.90. The van der Waals surface area contributed by atoms with Gasteiger partial charge >= 0.3 is 11.8 Å². The number of nitrogens with one attached hydrogen (secondary N) is 1. The van der Waals surface area contributed by atoms with Crippen molar-refractivity contribution in [1.29, 1.82) is 0 Å². The molecule has 2 amide bonds. The quantitative estimate of drug-likeness (QED) is 0.228. The summed E-state index contributed by atoms with van der Waals surface area (Å²) in [4.78, 5) is 46.4. The van der Waals surface area contributed by atoms with E-state index in [9.17, 15) is 14.4 Å². The van der Waals surface area contributed by atoms with Gasteiger partial charge in [0.25, 0.3) is 5.91 Å². The molecular weight excluding hydrogens is 579 g/mol. The Morgan fingerprint density at radius 1 is 1.07 bits per heavy atom. The number of amides is 2. The van der Waals surface area contributed by atoms with Crippen molar-refractivity contribution in [3.8, 4) is 0 Å². The molecule has 0 bridgehead atoms. The fourth-order valence-electron chi connectivity index (χ4n) is 4.57. The standard InChI is InChI=1S/C30H34Cl2N6O4/c1-5-24(26-35-25-23(32)18-34-38(25)29(41)37(26)19-20-10-7-6-8-11-20)36(27(39)21-12-14-22(31)15-13-21)17-9-16-33-28(40)42-30(2,3)4/h6-8,10-15,18,24H,5,9,16-17,19H2,1-4H3,(H,33,40). The summed E-state index contributed by atoms with van der Waals surface area (Å²) >= 11 is 12.5. The summed E-state index contributed by atoms with van der Waals surface area (Å²) in [5.74, 6) is 0.111. The maximum atomic E-state index is 14.0. The van der Waals surface area contributed by atoms with Gasteiger partial charge in [0.05, 0.1) is 18.8 Å².